The van der Waals surface area contributed by atoms with Crippen LogP contribution in [-0.4, -0.2) is 77.0 Å². The number of hydrogen-bond donors (Lipinski definition) is 2. The maximum Gasteiger partial charge on any atom is 0.309 e. The molecule has 1 saturated carbocycles. The second-order valence-corrected chi connectivity index (χ2v) is 9.71. The second-order valence-electron chi connectivity index (χ2n) is 9.71. The van der Waals surface area contributed by atoms with Gasteiger partial charge in [-0.2, -0.15) is 0 Å². The van der Waals surface area contributed by atoms with Crippen molar-refractivity contribution in [2.24, 2.45) is 23.5 Å². The number of nitrogens with zero attached hydrogens (tertiary/aromatic N) is 4. The molecule has 184 valence electrons. The molecule has 2 heterocycles. The summed E-state index contributed by atoms with van der Waals surface area (Å²) in [4.78, 5) is 38.2. The van der Waals surface area contributed by atoms with Crippen molar-refractivity contribution in [2.75, 3.05) is 44.6 Å². The summed E-state index contributed by atoms with van der Waals surface area (Å²) < 4.78 is 5.15. The smallest absolute Gasteiger partial charge is 0.309 e. The number of carbonyl (C=O) groups excluding carboxylic acids is 2. The lowest BCUT2D eigenvalue weighted by Gasteiger charge is -2.34. The zero-order valence-electron chi connectivity index (χ0n) is 20.4. The zero-order chi connectivity index (χ0) is 24.2. The summed E-state index contributed by atoms with van der Waals surface area (Å²) in [6, 6.07) is 7.32. The van der Waals surface area contributed by atoms with Crippen LogP contribution in [0.25, 0.3) is 10.9 Å². The number of anilines is 1. The summed E-state index contributed by atoms with van der Waals surface area (Å²) in [5.74, 6) is 1.50. The molecule has 1 aromatic heterocycles. The number of para-hydroxylation sites is 1. The Hall–Kier alpha value is -2.78. The van der Waals surface area contributed by atoms with Crippen molar-refractivity contribution in [2.45, 2.75) is 39.8 Å². The van der Waals surface area contributed by atoms with Crippen LogP contribution in [-0.2, 0) is 20.9 Å². The van der Waals surface area contributed by atoms with Crippen molar-refractivity contribution in [3.8, 4) is 0 Å². The van der Waals surface area contributed by atoms with Crippen LogP contribution in [0.5, 0.6) is 0 Å². The molecule has 2 fully saturated rings. The molecule has 0 bridgehead atoms. The highest BCUT2D eigenvalue weighted by atomic mass is 16.5. The zero-order valence-corrected chi connectivity index (χ0v) is 20.4. The summed E-state index contributed by atoms with van der Waals surface area (Å²) in [5.41, 5.74) is 6.47. The highest BCUT2D eigenvalue weighted by Crippen LogP contribution is 2.40. The van der Waals surface area contributed by atoms with E-state index in [1.165, 1.54) is 0 Å². The van der Waals surface area contributed by atoms with E-state index in [-0.39, 0.29) is 17.8 Å². The SMILES string of the molecule is CCOC(=O)C1CC1CN1CCN(Cc2nc(N[C@H](C(N)=O)C(C)C)c3ccccc3n2)CC1. The Morgan fingerprint density at radius 3 is 2.53 bits per heavy atom. The lowest BCUT2D eigenvalue weighted by Crippen LogP contribution is -2.46. The average molecular weight is 469 g/mol. The molecule has 2 unspecified atom stereocenters. The fourth-order valence-corrected chi connectivity index (χ4v) is 4.67. The van der Waals surface area contributed by atoms with Gasteiger partial charge in [0.25, 0.3) is 0 Å². The number of carbonyl (C=O) groups is 2. The Morgan fingerprint density at radius 1 is 1.15 bits per heavy atom. The number of rotatable bonds is 10. The predicted octanol–water partition coefficient (Wildman–Crippen LogP) is 1.87. The fourth-order valence-electron chi connectivity index (χ4n) is 4.67. The molecule has 34 heavy (non-hydrogen) atoms. The van der Waals surface area contributed by atoms with Gasteiger partial charge in [-0.1, -0.05) is 26.0 Å². The predicted molar refractivity (Wildman–Crippen MR) is 131 cm³/mol. The third-order valence-corrected chi connectivity index (χ3v) is 6.75. The minimum absolute atomic E-state index is 0.0395. The number of amides is 1. The highest BCUT2D eigenvalue weighted by Gasteiger charge is 2.45. The summed E-state index contributed by atoms with van der Waals surface area (Å²) in [7, 11) is 0. The standard InChI is InChI=1S/C25H36N6O3/c1-4-34-25(33)19-13-17(19)14-30-9-11-31(12-10-30)15-21-27-20-8-6-5-7-18(20)24(28-21)29-22(16(2)3)23(26)32/h5-8,16-17,19,22H,4,9-15H2,1-3H3,(H2,26,32)(H,27,28,29)/t17?,19?,22-/m0/s1. The average Bonchev–Trinajstić information content (AvgIpc) is 3.57. The third kappa shape index (κ3) is 5.82. The number of fused-ring (bicyclic) bond motifs is 1. The maximum absolute atomic E-state index is 12.0. The Morgan fingerprint density at radius 2 is 1.85 bits per heavy atom. The lowest BCUT2D eigenvalue weighted by atomic mass is 10.0. The number of nitrogens with one attached hydrogen (secondary N) is 1. The van der Waals surface area contributed by atoms with Crippen LogP contribution < -0.4 is 11.1 Å². The van der Waals surface area contributed by atoms with E-state index in [0.29, 0.717) is 24.9 Å². The van der Waals surface area contributed by atoms with Crippen LogP contribution >= 0.6 is 0 Å². The van der Waals surface area contributed by atoms with Gasteiger partial charge in [-0.05, 0) is 37.3 Å². The number of piperazine rings is 1. The molecule has 1 amide bonds. The first-order valence-electron chi connectivity index (χ1n) is 12.3. The lowest BCUT2D eigenvalue weighted by molar-refractivity contribution is -0.145. The quantitative estimate of drug-likeness (QED) is 0.508. The van der Waals surface area contributed by atoms with Gasteiger partial charge >= 0.3 is 5.97 Å². The van der Waals surface area contributed by atoms with Crippen LogP contribution in [0.15, 0.2) is 24.3 Å². The fraction of sp³-hybridized carbons (Fsp3) is 0.600. The number of aromatic nitrogens is 2. The number of benzene rings is 1. The van der Waals surface area contributed by atoms with Crippen LogP contribution in [0.4, 0.5) is 5.82 Å². The molecular formula is C25H36N6O3. The van der Waals surface area contributed by atoms with Gasteiger partial charge in [-0.3, -0.25) is 14.5 Å². The van der Waals surface area contributed by atoms with E-state index in [2.05, 4.69) is 15.1 Å². The number of hydrogen-bond acceptors (Lipinski definition) is 8. The third-order valence-electron chi connectivity index (χ3n) is 6.75. The van der Waals surface area contributed by atoms with Gasteiger partial charge in [-0.15, -0.1) is 0 Å². The second kappa shape index (κ2) is 10.7. The highest BCUT2D eigenvalue weighted by molar-refractivity contribution is 5.91. The van der Waals surface area contributed by atoms with Gasteiger partial charge in [0.1, 0.15) is 17.7 Å². The van der Waals surface area contributed by atoms with Crippen LogP contribution in [0.2, 0.25) is 0 Å². The molecule has 0 radical (unpaired) electrons. The van der Waals surface area contributed by atoms with Crippen molar-refractivity contribution in [1.29, 1.82) is 0 Å². The van der Waals surface area contributed by atoms with Crippen molar-refractivity contribution in [3.05, 3.63) is 30.1 Å². The first kappa shape index (κ1) is 24.3. The Balaban J connectivity index is 1.37. The summed E-state index contributed by atoms with van der Waals surface area (Å²) in [6.45, 7) is 11.6. The van der Waals surface area contributed by atoms with E-state index < -0.39 is 11.9 Å². The summed E-state index contributed by atoms with van der Waals surface area (Å²) >= 11 is 0. The summed E-state index contributed by atoms with van der Waals surface area (Å²) in [6.07, 6.45) is 0.947. The first-order valence-corrected chi connectivity index (χ1v) is 12.3. The topological polar surface area (TPSA) is 114 Å². The number of nitrogens with two attached hydrogens (primary N) is 1. The van der Waals surface area contributed by atoms with E-state index in [4.69, 9.17) is 20.4 Å². The van der Waals surface area contributed by atoms with Crippen molar-refractivity contribution < 1.29 is 14.3 Å². The van der Waals surface area contributed by atoms with Gasteiger partial charge in [0.2, 0.25) is 5.91 Å². The molecule has 9 heteroatoms. The number of esters is 1. The van der Waals surface area contributed by atoms with Crippen LogP contribution in [0.1, 0.15) is 33.0 Å². The first-order chi connectivity index (χ1) is 16.4. The van der Waals surface area contributed by atoms with Crippen molar-refractivity contribution in [1.82, 2.24) is 19.8 Å². The molecule has 1 aliphatic carbocycles. The van der Waals surface area contributed by atoms with E-state index in [1.807, 2.05) is 45.0 Å². The van der Waals surface area contributed by atoms with Crippen molar-refractivity contribution >= 4 is 28.6 Å². The summed E-state index contributed by atoms with van der Waals surface area (Å²) in [5, 5.41) is 4.14. The van der Waals surface area contributed by atoms with Crippen LogP contribution in [0.3, 0.4) is 0 Å². The van der Waals surface area contributed by atoms with E-state index >= 15 is 0 Å². The monoisotopic (exact) mass is 468 g/mol. The van der Waals surface area contributed by atoms with E-state index in [1.54, 1.807) is 0 Å². The Kier molecular flexibility index (Phi) is 7.63. The van der Waals surface area contributed by atoms with Gasteiger partial charge in [0, 0.05) is 38.1 Å². The molecule has 1 saturated heterocycles. The Labute approximate surface area is 201 Å². The molecule has 9 nitrogen and oxygen atoms in total. The minimum Gasteiger partial charge on any atom is -0.466 e. The van der Waals surface area contributed by atoms with Gasteiger partial charge in [0.05, 0.1) is 24.6 Å². The molecule has 2 aliphatic rings. The molecule has 3 atom stereocenters. The molecule has 2 aromatic rings. The number of ether oxygens (including phenoxy) is 1. The molecule has 1 aromatic carbocycles. The van der Waals surface area contributed by atoms with Gasteiger partial charge in [-0.25, -0.2) is 9.97 Å². The molecular weight excluding hydrogens is 432 g/mol. The molecule has 4 rings (SSSR count). The normalized spacial score (nSPS) is 22.0. The van der Waals surface area contributed by atoms with Crippen molar-refractivity contribution in [3.63, 3.8) is 0 Å². The van der Waals surface area contributed by atoms with Gasteiger partial charge < -0.3 is 20.7 Å². The van der Waals surface area contributed by atoms with Crippen LogP contribution in [0, 0.1) is 17.8 Å². The minimum atomic E-state index is -0.504. The Bertz CT molecular complexity index is 1020. The van der Waals surface area contributed by atoms with Gasteiger partial charge in [0.15, 0.2) is 0 Å². The number of primary amides is 1. The van der Waals surface area contributed by atoms with E-state index in [0.717, 1.165) is 55.9 Å². The maximum atomic E-state index is 12.0. The molecule has 0 spiro atoms. The molecule has 1 aliphatic heterocycles. The van der Waals surface area contributed by atoms with E-state index in [9.17, 15) is 9.59 Å². The largest absolute Gasteiger partial charge is 0.466 e. The molecule has 3 N–H and O–H groups in total.